The minimum Gasteiger partial charge on any atom is -0.444 e. The molecule has 0 aromatic heterocycles. The van der Waals surface area contributed by atoms with E-state index in [1.165, 1.54) is 24.3 Å². The smallest absolute Gasteiger partial charge is 0.414 e. The first-order chi connectivity index (χ1) is 17.4. The van der Waals surface area contributed by atoms with Crippen molar-refractivity contribution in [2.45, 2.75) is 31.0 Å². The van der Waals surface area contributed by atoms with Crippen LogP contribution in [-0.4, -0.2) is 53.9 Å². The number of aliphatic hydroxyl groups is 1. The molecule has 0 aliphatic carbocycles. The van der Waals surface area contributed by atoms with Gasteiger partial charge in [0.2, 0.25) is 0 Å². The van der Waals surface area contributed by atoms with Gasteiger partial charge < -0.3 is 20.2 Å². The van der Waals surface area contributed by atoms with Gasteiger partial charge in [0, 0.05) is 12.2 Å². The van der Waals surface area contributed by atoms with Crippen LogP contribution in [-0.2, 0) is 10.3 Å². The molecule has 9 heteroatoms. The van der Waals surface area contributed by atoms with Gasteiger partial charge >= 0.3 is 6.09 Å². The summed E-state index contributed by atoms with van der Waals surface area (Å²) < 4.78 is 32.8. The molecule has 2 saturated heterocycles. The predicted molar refractivity (Wildman–Crippen MR) is 144 cm³/mol. The summed E-state index contributed by atoms with van der Waals surface area (Å²) in [7, 11) is 0. The Balaban J connectivity index is 0.00000200. The zero-order valence-electron chi connectivity index (χ0n) is 20.9. The molecule has 2 aliphatic heterocycles. The van der Waals surface area contributed by atoms with Crippen LogP contribution >= 0.6 is 12.4 Å². The van der Waals surface area contributed by atoms with E-state index in [1.54, 1.807) is 29.2 Å². The fourth-order valence-electron chi connectivity index (χ4n) is 5.44. The number of cyclic esters (lactones) is 1. The highest BCUT2D eigenvalue weighted by atomic mass is 35.5. The molecule has 3 N–H and O–H groups in total. The molecule has 2 aliphatic rings. The van der Waals surface area contributed by atoms with Crippen LogP contribution in [0, 0.1) is 17.6 Å². The molecule has 204 valence electrons. The Hall–Kier alpha value is -3.04. The van der Waals surface area contributed by atoms with E-state index in [0.29, 0.717) is 17.7 Å². The minimum atomic E-state index is -1.34. The third-order valence-electron chi connectivity index (χ3n) is 7.46. The third-order valence-corrected chi connectivity index (χ3v) is 7.46. The van der Waals surface area contributed by atoms with Gasteiger partial charge in [0.15, 0.2) is 0 Å². The summed E-state index contributed by atoms with van der Waals surface area (Å²) in [6, 6.07) is 21.3. The first-order valence-corrected chi connectivity index (χ1v) is 12.4. The fraction of sp³-hybridized carbons (Fsp3) is 0.345. The van der Waals surface area contributed by atoms with Crippen molar-refractivity contribution in [3.05, 3.63) is 102 Å². The van der Waals surface area contributed by atoms with Crippen molar-refractivity contribution in [3.8, 4) is 0 Å². The quantitative estimate of drug-likeness (QED) is 0.455. The summed E-state index contributed by atoms with van der Waals surface area (Å²) in [5.41, 5.74) is 0.706. The van der Waals surface area contributed by atoms with Crippen molar-refractivity contribution in [2.24, 2.45) is 5.92 Å². The lowest BCUT2D eigenvalue weighted by molar-refractivity contribution is -0.0155. The van der Waals surface area contributed by atoms with E-state index in [2.05, 4.69) is 4.90 Å². The molecule has 0 spiro atoms. The van der Waals surface area contributed by atoms with Gasteiger partial charge in [-0.3, -0.25) is 4.90 Å². The first-order valence-electron chi connectivity index (χ1n) is 12.4. The number of amides is 1. The number of nitrogens with zero attached hydrogens (tertiary/aromatic N) is 2. The Kier molecular flexibility index (Phi) is 9.84. The van der Waals surface area contributed by atoms with Crippen LogP contribution in [0.2, 0.25) is 0 Å². The van der Waals surface area contributed by atoms with E-state index >= 15 is 0 Å². The zero-order valence-corrected chi connectivity index (χ0v) is 21.7. The van der Waals surface area contributed by atoms with Gasteiger partial charge in [0.1, 0.15) is 23.3 Å². The highest BCUT2D eigenvalue weighted by molar-refractivity contribution is 5.89. The number of ether oxygens (including phenoxy) is 1. The molecule has 6 nitrogen and oxygen atoms in total. The Labute approximate surface area is 227 Å². The number of anilines is 1. The van der Waals surface area contributed by atoms with E-state index in [4.69, 9.17) is 4.74 Å². The number of benzene rings is 3. The van der Waals surface area contributed by atoms with Gasteiger partial charge in [-0.05, 0) is 85.8 Å². The second-order valence-electron chi connectivity index (χ2n) is 9.64. The molecule has 0 bridgehead atoms. The highest BCUT2D eigenvalue weighted by Gasteiger charge is 2.42. The normalized spacial score (nSPS) is 18.4. The van der Waals surface area contributed by atoms with Crippen LogP contribution < -0.4 is 4.90 Å². The topological polar surface area (TPSA) is 84.5 Å². The molecule has 5 rings (SSSR count). The number of carbonyl (C=O) groups is 1. The lowest BCUT2D eigenvalue weighted by Crippen LogP contribution is -2.44. The largest absolute Gasteiger partial charge is 0.444 e. The SMILES string of the molecule is Cl.O.O=C1OC(CCN2CCC(C(O)(c3ccc(F)cc3)c3ccc(F)cc3)CC2)CN1c1ccccc1. The molecule has 3 aromatic rings. The minimum absolute atomic E-state index is 0. The molecule has 1 atom stereocenters. The number of rotatable bonds is 7. The highest BCUT2D eigenvalue weighted by Crippen LogP contribution is 2.42. The van der Waals surface area contributed by atoms with Crippen LogP contribution in [0.15, 0.2) is 78.9 Å². The zero-order chi connectivity index (χ0) is 25.1. The lowest BCUT2D eigenvalue weighted by Gasteiger charge is -2.42. The lowest BCUT2D eigenvalue weighted by atomic mass is 9.72. The first kappa shape index (κ1) is 29.5. The second kappa shape index (κ2) is 12.7. The van der Waals surface area contributed by atoms with E-state index in [9.17, 15) is 18.7 Å². The molecular formula is C29H33ClF2N2O4. The standard InChI is InChI=1S/C29H30F2N2O3.ClH.H2O/c30-24-10-6-21(7-11-24)29(35,22-8-12-25(31)13-9-22)23-14-17-32(18-15-23)19-16-27-20-33(28(34)36-27)26-4-2-1-3-5-26;;/h1-13,23,27,35H,14-20H2;1H;1H2. The van der Waals surface area contributed by atoms with Crippen molar-refractivity contribution < 1.29 is 28.9 Å². The van der Waals surface area contributed by atoms with Crippen molar-refractivity contribution in [1.29, 1.82) is 0 Å². The maximum atomic E-state index is 13.6. The third kappa shape index (κ3) is 6.15. The molecule has 2 fully saturated rings. The number of hydrogen-bond acceptors (Lipinski definition) is 4. The van der Waals surface area contributed by atoms with Crippen molar-refractivity contribution in [2.75, 3.05) is 31.1 Å². The van der Waals surface area contributed by atoms with Gasteiger partial charge in [-0.15, -0.1) is 12.4 Å². The Morgan fingerprint density at radius 2 is 1.39 bits per heavy atom. The summed E-state index contributed by atoms with van der Waals surface area (Å²) in [6.07, 6.45) is 1.72. The average molecular weight is 547 g/mol. The summed E-state index contributed by atoms with van der Waals surface area (Å²) in [5.74, 6) is -0.843. The monoisotopic (exact) mass is 546 g/mol. The van der Waals surface area contributed by atoms with Crippen LogP contribution in [0.25, 0.3) is 0 Å². The maximum Gasteiger partial charge on any atom is 0.414 e. The van der Waals surface area contributed by atoms with Gasteiger partial charge in [-0.2, -0.15) is 0 Å². The van der Waals surface area contributed by atoms with Gasteiger partial charge in [0.05, 0.1) is 6.54 Å². The van der Waals surface area contributed by atoms with Crippen LogP contribution in [0.5, 0.6) is 0 Å². The van der Waals surface area contributed by atoms with Crippen molar-refractivity contribution in [1.82, 2.24) is 4.90 Å². The molecule has 3 aromatic carbocycles. The number of carbonyl (C=O) groups excluding carboxylic acids is 1. The number of likely N-dealkylation sites (tertiary alicyclic amines) is 1. The molecular weight excluding hydrogens is 514 g/mol. The number of halogens is 3. The summed E-state index contributed by atoms with van der Waals surface area (Å²) >= 11 is 0. The number of hydrogen-bond donors (Lipinski definition) is 1. The molecule has 0 saturated carbocycles. The fourth-order valence-corrected chi connectivity index (χ4v) is 5.44. The second-order valence-corrected chi connectivity index (χ2v) is 9.64. The van der Waals surface area contributed by atoms with Crippen LogP contribution in [0.4, 0.5) is 19.3 Å². The Morgan fingerprint density at radius 1 is 0.868 bits per heavy atom. The molecule has 1 amide bonds. The van der Waals surface area contributed by atoms with E-state index in [0.717, 1.165) is 44.6 Å². The Bertz CT molecular complexity index is 1130. The van der Waals surface area contributed by atoms with Gasteiger partial charge in [-0.25, -0.2) is 13.6 Å². The van der Waals surface area contributed by atoms with E-state index in [-0.39, 0.29) is 47.6 Å². The summed E-state index contributed by atoms with van der Waals surface area (Å²) in [4.78, 5) is 16.3. The van der Waals surface area contributed by atoms with E-state index in [1.807, 2.05) is 30.3 Å². The molecule has 1 unspecified atom stereocenters. The average Bonchev–Trinajstić information content (AvgIpc) is 3.29. The van der Waals surface area contributed by atoms with Crippen molar-refractivity contribution >= 4 is 24.2 Å². The predicted octanol–water partition coefficient (Wildman–Crippen LogP) is 4.93. The van der Waals surface area contributed by atoms with Crippen LogP contribution in [0.1, 0.15) is 30.4 Å². The number of piperidine rings is 1. The molecule has 38 heavy (non-hydrogen) atoms. The maximum absolute atomic E-state index is 13.6. The summed E-state index contributed by atoms with van der Waals surface area (Å²) in [6.45, 7) is 2.88. The Morgan fingerprint density at radius 3 is 1.92 bits per heavy atom. The van der Waals surface area contributed by atoms with Crippen LogP contribution in [0.3, 0.4) is 0 Å². The van der Waals surface area contributed by atoms with Crippen molar-refractivity contribution in [3.63, 3.8) is 0 Å². The van der Waals surface area contributed by atoms with E-state index < -0.39 is 5.60 Å². The molecule has 2 heterocycles. The van der Waals surface area contributed by atoms with Gasteiger partial charge in [0.25, 0.3) is 0 Å². The van der Waals surface area contributed by atoms with Gasteiger partial charge in [-0.1, -0.05) is 42.5 Å². The molecule has 0 radical (unpaired) electrons. The summed E-state index contributed by atoms with van der Waals surface area (Å²) in [5, 5.41) is 12.0. The number of para-hydroxylation sites is 1.